The Morgan fingerprint density at radius 1 is 1.11 bits per heavy atom. The normalized spacial score (nSPS) is 11.0. The second kappa shape index (κ2) is 4.52. The fraction of sp³-hybridized carbons (Fsp3) is 0. The molecule has 0 fully saturated rings. The molecule has 0 unspecified atom stereocenters. The van der Waals surface area contributed by atoms with Crippen LogP contribution in [0, 0.1) is 0 Å². The number of nitrogens with zero attached hydrogens (tertiary/aromatic N) is 3. The van der Waals surface area contributed by atoms with Crippen LogP contribution in [0.25, 0.3) is 15.6 Å². The number of benzene rings is 1. The van der Waals surface area contributed by atoms with Crippen LogP contribution in [0.1, 0.15) is 0 Å². The summed E-state index contributed by atoms with van der Waals surface area (Å²) < 4.78 is 2.46. The molecule has 0 aliphatic heterocycles. The van der Waals surface area contributed by atoms with E-state index in [4.69, 9.17) is 23.2 Å². The molecular weight excluding hydrogens is 340 g/mol. The van der Waals surface area contributed by atoms with Crippen molar-refractivity contribution in [1.29, 1.82) is 0 Å². The molecule has 2 aromatic heterocycles. The van der Waals surface area contributed by atoms with Crippen LogP contribution in [-0.4, -0.2) is 28.3 Å². The summed E-state index contributed by atoms with van der Waals surface area (Å²) in [6, 6.07) is 5.05. The van der Waals surface area contributed by atoms with Crippen molar-refractivity contribution in [2.45, 2.75) is 0 Å². The summed E-state index contributed by atoms with van der Waals surface area (Å²) in [5.74, 6) is 0.408. The zero-order chi connectivity index (χ0) is 12.7. The minimum atomic E-state index is -0.206. The summed E-state index contributed by atoms with van der Waals surface area (Å²) in [6.07, 6.45) is 3.21. The monoisotopic (exact) mass is 345 g/mol. The molecule has 0 amide bonds. The molecule has 90 valence electrons. The molecule has 0 radical (unpaired) electrons. The first-order valence-corrected chi connectivity index (χ1v) is 7.33. The molecule has 3 rings (SSSR count). The molecule has 4 nitrogen and oxygen atoms in total. The van der Waals surface area contributed by atoms with Gasteiger partial charge in [0.1, 0.15) is 0 Å². The van der Waals surface area contributed by atoms with Gasteiger partial charge in [-0.3, -0.25) is 0 Å². The molecule has 18 heavy (non-hydrogen) atoms. The van der Waals surface area contributed by atoms with Crippen molar-refractivity contribution in [2.24, 2.45) is 0 Å². The number of aromatic nitrogens is 3. The minimum absolute atomic E-state index is 0.130. The third kappa shape index (κ3) is 1.89. The van der Waals surface area contributed by atoms with E-state index in [2.05, 4.69) is 9.97 Å². The third-order valence-electron chi connectivity index (χ3n) is 2.36. The molecule has 0 bridgehead atoms. The molecule has 3 aromatic rings. The van der Waals surface area contributed by atoms with Gasteiger partial charge in [-0.05, 0) is 0 Å². The van der Waals surface area contributed by atoms with E-state index in [1.165, 1.54) is 0 Å². The van der Waals surface area contributed by atoms with E-state index in [-0.39, 0.29) is 20.3 Å². The van der Waals surface area contributed by atoms with Gasteiger partial charge in [0, 0.05) is 0 Å². The second-order valence-corrected chi connectivity index (χ2v) is 6.39. The first-order chi connectivity index (χ1) is 8.66. The van der Waals surface area contributed by atoms with E-state index < -0.39 is 0 Å². The van der Waals surface area contributed by atoms with Gasteiger partial charge in [0.05, 0.1) is 0 Å². The van der Waals surface area contributed by atoms with Crippen LogP contribution >= 0.6 is 23.2 Å². The van der Waals surface area contributed by atoms with E-state index in [9.17, 15) is 4.79 Å². The van der Waals surface area contributed by atoms with E-state index in [1.54, 1.807) is 34.2 Å². The van der Waals surface area contributed by atoms with E-state index in [0.717, 1.165) is 4.26 Å². The number of hydrogen-bond donors (Lipinski definition) is 0. The summed E-state index contributed by atoms with van der Waals surface area (Å²) in [7, 11) is 0. The standard InChI is InChI=1S/C11H5Cl2N3OSe/c12-7-4-6-9(5-8(7)13)18-16(10(6)17)11-14-2-1-3-15-11/h1-5H. The fourth-order valence-corrected chi connectivity index (χ4v) is 4.06. The Bertz CT molecular complexity index is 782. The van der Waals surface area contributed by atoms with E-state index >= 15 is 0 Å². The van der Waals surface area contributed by atoms with Crippen molar-refractivity contribution in [1.82, 2.24) is 13.5 Å². The predicted octanol–water partition coefficient (Wildman–Crippen LogP) is 2.14. The maximum absolute atomic E-state index is 12.2. The molecular formula is C11H5Cl2N3OSe. The van der Waals surface area contributed by atoms with Gasteiger partial charge in [-0.2, -0.15) is 0 Å². The summed E-state index contributed by atoms with van der Waals surface area (Å²) in [5.41, 5.74) is -0.130. The Hall–Kier alpha value is -1.13. The Labute approximate surface area is 118 Å². The number of fused-ring (bicyclic) bond motifs is 1. The Balaban J connectivity index is 2.33. The summed E-state index contributed by atoms with van der Waals surface area (Å²) in [4.78, 5) is 20.4. The molecule has 2 heterocycles. The van der Waals surface area contributed by atoms with Crippen molar-refractivity contribution in [3.05, 3.63) is 51.0 Å². The third-order valence-corrected chi connectivity index (χ3v) is 5.28. The molecule has 0 atom stereocenters. The van der Waals surface area contributed by atoms with Crippen molar-refractivity contribution in [3.8, 4) is 5.95 Å². The fourth-order valence-electron chi connectivity index (χ4n) is 1.55. The maximum atomic E-state index is 12.2. The SMILES string of the molecule is O=c1c2cc(Cl)c(Cl)cc2[se]n1-c1ncccn1. The van der Waals surface area contributed by atoms with Crippen LogP contribution in [0.4, 0.5) is 0 Å². The molecule has 0 N–H and O–H groups in total. The second-order valence-electron chi connectivity index (χ2n) is 3.50. The molecule has 0 aliphatic rings. The topological polar surface area (TPSA) is 47.8 Å². The molecule has 0 spiro atoms. The summed E-state index contributed by atoms with van der Waals surface area (Å²) in [6.45, 7) is 0. The summed E-state index contributed by atoms with van der Waals surface area (Å²) in [5, 5.41) is 1.42. The van der Waals surface area contributed by atoms with Crippen LogP contribution in [0.15, 0.2) is 35.4 Å². The van der Waals surface area contributed by atoms with Crippen LogP contribution in [0.3, 0.4) is 0 Å². The van der Waals surface area contributed by atoms with Crippen LogP contribution in [0.2, 0.25) is 10.0 Å². The zero-order valence-electron chi connectivity index (χ0n) is 8.80. The van der Waals surface area contributed by atoms with Gasteiger partial charge in [-0.25, -0.2) is 0 Å². The first kappa shape index (κ1) is 11.9. The number of hydrogen-bond acceptors (Lipinski definition) is 3. The van der Waals surface area contributed by atoms with Crippen molar-refractivity contribution in [3.63, 3.8) is 0 Å². The van der Waals surface area contributed by atoms with E-state index in [1.807, 2.05) is 0 Å². The Kier molecular flexibility index (Phi) is 2.99. The Morgan fingerprint density at radius 3 is 2.50 bits per heavy atom. The molecule has 7 heteroatoms. The van der Waals surface area contributed by atoms with Gasteiger partial charge < -0.3 is 0 Å². The van der Waals surface area contributed by atoms with Gasteiger partial charge in [0.2, 0.25) is 0 Å². The molecule has 0 saturated heterocycles. The van der Waals surface area contributed by atoms with Crippen LogP contribution in [-0.2, 0) is 0 Å². The van der Waals surface area contributed by atoms with Gasteiger partial charge >= 0.3 is 118 Å². The van der Waals surface area contributed by atoms with Gasteiger partial charge in [0.15, 0.2) is 0 Å². The number of halogens is 2. The Morgan fingerprint density at radius 2 is 1.78 bits per heavy atom. The van der Waals surface area contributed by atoms with Crippen molar-refractivity contribution >= 4 is 47.6 Å². The van der Waals surface area contributed by atoms with Crippen molar-refractivity contribution < 1.29 is 0 Å². The number of rotatable bonds is 1. The quantitative estimate of drug-likeness (QED) is 0.635. The average Bonchev–Trinajstić information content (AvgIpc) is 2.69. The summed E-state index contributed by atoms with van der Waals surface area (Å²) >= 11 is 11.7. The van der Waals surface area contributed by atoms with Gasteiger partial charge in [-0.15, -0.1) is 0 Å². The average molecular weight is 345 g/mol. The molecule has 0 aliphatic carbocycles. The van der Waals surface area contributed by atoms with Gasteiger partial charge in [0.25, 0.3) is 0 Å². The van der Waals surface area contributed by atoms with E-state index in [0.29, 0.717) is 21.4 Å². The molecule has 0 saturated carbocycles. The predicted molar refractivity (Wildman–Crippen MR) is 72.1 cm³/mol. The van der Waals surface area contributed by atoms with Crippen LogP contribution in [0.5, 0.6) is 0 Å². The zero-order valence-corrected chi connectivity index (χ0v) is 12.0. The van der Waals surface area contributed by atoms with Crippen LogP contribution < -0.4 is 5.56 Å². The van der Waals surface area contributed by atoms with Crippen molar-refractivity contribution in [2.75, 3.05) is 0 Å². The molecule has 1 aromatic carbocycles. The first-order valence-electron chi connectivity index (χ1n) is 4.95. The van der Waals surface area contributed by atoms with Gasteiger partial charge in [-0.1, -0.05) is 0 Å².